The zero-order valence-electron chi connectivity index (χ0n) is 16.9. The lowest BCUT2D eigenvalue weighted by atomic mass is 10.2. The molecule has 2 saturated heterocycles. The molecule has 1 aromatic carbocycles. The third kappa shape index (κ3) is 4.92. The van der Waals surface area contributed by atoms with E-state index < -0.39 is 10.0 Å². The van der Waals surface area contributed by atoms with Crippen molar-refractivity contribution >= 4 is 21.6 Å². The molecule has 1 unspecified atom stereocenters. The van der Waals surface area contributed by atoms with Gasteiger partial charge in [0.15, 0.2) is 0 Å². The standard InChI is InChI=1S/C20H32N4O3S/c1-3-24(4-2)28(26,27)19-9-7-8-17(14-19)21-20(25)16-22-13-10-18(15-22)23-11-5-6-12-23/h7-9,14,18H,3-6,10-13,15-16H2,1-2H3,(H,21,25). The van der Waals surface area contributed by atoms with E-state index in [2.05, 4.69) is 15.1 Å². The number of carbonyl (C=O) groups is 1. The van der Waals surface area contributed by atoms with Gasteiger partial charge in [-0.25, -0.2) is 8.42 Å². The molecule has 156 valence electrons. The van der Waals surface area contributed by atoms with E-state index in [0.717, 1.165) is 19.5 Å². The zero-order chi connectivity index (χ0) is 20.1. The van der Waals surface area contributed by atoms with Crippen molar-refractivity contribution in [2.24, 2.45) is 0 Å². The second-order valence-corrected chi connectivity index (χ2v) is 9.52. The Kier molecular flexibility index (Phi) is 7.09. The van der Waals surface area contributed by atoms with Gasteiger partial charge in [0, 0.05) is 37.9 Å². The molecule has 2 aliphatic heterocycles. The van der Waals surface area contributed by atoms with Crippen molar-refractivity contribution in [3.8, 4) is 0 Å². The molecule has 2 heterocycles. The number of rotatable bonds is 8. The Hall–Kier alpha value is -1.48. The number of nitrogens with zero attached hydrogens (tertiary/aromatic N) is 3. The van der Waals surface area contributed by atoms with Gasteiger partial charge < -0.3 is 5.32 Å². The molecular weight excluding hydrogens is 376 g/mol. The average Bonchev–Trinajstić information content (AvgIpc) is 3.34. The third-order valence-corrected chi connectivity index (χ3v) is 7.78. The van der Waals surface area contributed by atoms with Crippen LogP contribution in [0, 0.1) is 0 Å². The maximum atomic E-state index is 12.7. The predicted molar refractivity (Wildman–Crippen MR) is 111 cm³/mol. The van der Waals surface area contributed by atoms with Gasteiger partial charge in [0.25, 0.3) is 0 Å². The summed E-state index contributed by atoms with van der Waals surface area (Å²) < 4.78 is 26.8. The molecule has 2 aliphatic rings. The minimum absolute atomic E-state index is 0.0977. The summed E-state index contributed by atoms with van der Waals surface area (Å²) in [5.41, 5.74) is 0.522. The van der Waals surface area contributed by atoms with Crippen molar-refractivity contribution in [3.05, 3.63) is 24.3 Å². The van der Waals surface area contributed by atoms with Crippen LogP contribution in [0.1, 0.15) is 33.1 Å². The second-order valence-electron chi connectivity index (χ2n) is 7.59. The van der Waals surface area contributed by atoms with Crippen LogP contribution in [0.25, 0.3) is 0 Å². The number of hydrogen-bond donors (Lipinski definition) is 1. The van der Waals surface area contributed by atoms with Gasteiger partial charge in [0.2, 0.25) is 15.9 Å². The maximum absolute atomic E-state index is 12.7. The summed E-state index contributed by atoms with van der Waals surface area (Å²) in [4.78, 5) is 17.4. The van der Waals surface area contributed by atoms with Gasteiger partial charge in [-0.05, 0) is 50.6 Å². The molecule has 28 heavy (non-hydrogen) atoms. The first-order valence-corrected chi connectivity index (χ1v) is 11.7. The lowest BCUT2D eigenvalue weighted by Gasteiger charge is -2.23. The number of sulfonamides is 1. The normalized spacial score (nSPS) is 21.5. The van der Waals surface area contributed by atoms with E-state index in [4.69, 9.17) is 0 Å². The summed E-state index contributed by atoms with van der Waals surface area (Å²) in [6.45, 7) is 9.05. The Morgan fingerprint density at radius 2 is 1.89 bits per heavy atom. The molecule has 1 atom stereocenters. The van der Waals surface area contributed by atoms with E-state index in [1.54, 1.807) is 24.3 Å². The largest absolute Gasteiger partial charge is 0.325 e. The summed E-state index contributed by atoms with van der Waals surface area (Å²) in [5.74, 6) is -0.0977. The number of amides is 1. The quantitative estimate of drug-likeness (QED) is 0.710. The number of nitrogens with one attached hydrogen (secondary N) is 1. The second kappa shape index (κ2) is 9.35. The third-order valence-electron chi connectivity index (χ3n) is 5.73. The summed E-state index contributed by atoms with van der Waals surface area (Å²) in [5, 5.41) is 2.86. The number of hydrogen-bond acceptors (Lipinski definition) is 5. The SMILES string of the molecule is CCN(CC)S(=O)(=O)c1cccc(NC(=O)CN2CCC(N3CCCC3)C2)c1. The first-order valence-electron chi connectivity index (χ1n) is 10.3. The topological polar surface area (TPSA) is 73.0 Å². The van der Waals surface area contributed by atoms with Crippen molar-refractivity contribution in [1.29, 1.82) is 0 Å². The van der Waals surface area contributed by atoms with Crippen molar-refractivity contribution in [2.75, 3.05) is 51.1 Å². The van der Waals surface area contributed by atoms with Crippen molar-refractivity contribution < 1.29 is 13.2 Å². The Bertz CT molecular complexity index is 773. The highest BCUT2D eigenvalue weighted by Gasteiger charge is 2.30. The fourth-order valence-corrected chi connectivity index (χ4v) is 5.72. The van der Waals surface area contributed by atoms with Crippen LogP contribution in [0.2, 0.25) is 0 Å². The molecule has 0 spiro atoms. The Morgan fingerprint density at radius 3 is 2.57 bits per heavy atom. The lowest BCUT2D eigenvalue weighted by Crippen LogP contribution is -2.37. The molecule has 1 aromatic rings. The average molecular weight is 409 g/mol. The van der Waals surface area contributed by atoms with Crippen LogP contribution in [-0.4, -0.2) is 80.3 Å². The summed E-state index contributed by atoms with van der Waals surface area (Å²) >= 11 is 0. The molecule has 8 heteroatoms. The van der Waals surface area contributed by atoms with Gasteiger partial charge in [-0.2, -0.15) is 4.31 Å². The van der Waals surface area contributed by atoms with Gasteiger partial charge in [0.05, 0.1) is 11.4 Å². The summed E-state index contributed by atoms with van der Waals surface area (Å²) in [6.07, 6.45) is 3.68. The van der Waals surface area contributed by atoms with Crippen LogP contribution in [0.3, 0.4) is 0 Å². The van der Waals surface area contributed by atoms with Gasteiger partial charge in [-0.3, -0.25) is 14.6 Å². The number of benzene rings is 1. The molecular formula is C20H32N4O3S. The van der Waals surface area contributed by atoms with Crippen LogP contribution in [0.15, 0.2) is 29.2 Å². The Morgan fingerprint density at radius 1 is 1.18 bits per heavy atom. The molecule has 0 bridgehead atoms. The summed E-state index contributed by atoms with van der Waals surface area (Å²) in [7, 11) is -3.53. The fraction of sp³-hybridized carbons (Fsp3) is 0.650. The van der Waals surface area contributed by atoms with E-state index >= 15 is 0 Å². The zero-order valence-corrected chi connectivity index (χ0v) is 17.7. The molecule has 2 fully saturated rings. The lowest BCUT2D eigenvalue weighted by molar-refractivity contribution is -0.117. The van der Waals surface area contributed by atoms with Crippen LogP contribution in [0.4, 0.5) is 5.69 Å². The highest BCUT2D eigenvalue weighted by atomic mass is 32.2. The van der Waals surface area contributed by atoms with Crippen molar-refractivity contribution in [3.63, 3.8) is 0 Å². The molecule has 1 amide bonds. The van der Waals surface area contributed by atoms with Crippen molar-refractivity contribution in [1.82, 2.24) is 14.1 Å². The van der Waals surface area contributed by atoms with E-state index in [-0.39, 0.29) is 10.8 Å². The minimum atomic E-state index is -3.53. The van der Waals surface area contributed by atoms with Crippen molar-refractivity contribution in [2.45, 2.75) is 44.0 Å². The van der Waals surface area contributed by atoms with Crippen LogP contribution >= 0.6 is 0 Å². The van der Waals surface area contributed by atoms with Crippen LogP contribution in [-0.2, 0) is 14.8 Å². The Balaban J connectivity index is 1.57. The molecule has 0 radical (unpaired) electrons. The first-order chi connectivity index (χ1) is 13.4. The minimum Gasteiger partial charge on any atom is -0.325 e. The molecule has 7 nitrogen and oxygen atoms in total. The summed E-state index contributed by atoms with van der Waals surface area (Å²) in [6, 6.07) is 7.09. The first kappa shape index (κ1) is 21.2. The van der Waals surface area contributed by atoms with Gasteiger partial charge >= 0.3 is 0 Å². The molecule has 1 N–H and O–H groups in total. The highest BCUT2D eigenvalue weighted by molar-refractivity contribution is 7.89. The smallest absolute Gasteiger partial charge is 0.243 e. The van der Waals surface area contributed by atoms with E-state index in [9.17, 15) is 13.2 Å². The van der Waals surface area contributed by atoms with E-state index in [0.29, 0.717) is 31.4 Å². The predicted octanol–water partition coefficient (Wildman–Crippen LogP) is 1.83. The van der Waals surface area contributed by atoms with E-state index in [1.807, 2.05) is 13.8 Å². The highest BCUT2D eigenvalue weighted by Crippen LogP contribution is 2.21. The van der Waals surface area contributed by atoms with Gasteiger partial charge in [-0.15, -0.1) is 0 Å². The molecule has 0 aromatic heterocycles. The molecule has 0 saturated carbocycles. The van der Waals surface area contributed by atoms with Crippen LogP contribution < -0.4 is 5.32 Å². The van der Waals surface area contributed by atoms with Gasteiger partial charge in [-0.1, -0.05) is 19.9 Å². The van der Waals surface area contributed by atoms with Gasteiger partial charge in [0.1, 0.15) is 0 Å². The number of likely N-dealkylation sites (tertiary alicyclic amines) is 2. The number of carbonyl (C=O) groups excluding carboxylic acids is 1. The maximum Gasteiger partial charge on any atom is 0.243 e. The van der Waals surface area contributed by atoms with Crippen LogP contribution in [0.5, 0.6) is 0 Å². The molecule has 0 aliphatic carbocycles. The Labute approximate surface area is 168 Å². The fourth-order valence-electron chi connectivity index (χ4n) is 4.21. The molecule has 3 rings (SSSR count). The monoisotopic (exact) mass is 408 g/mol. The van der Waals surface area contributed by atoms with E-state index in [1.165, 1.54) is 30.2 Å². The number of anilines is 1.